The molecule has 0 amide bonds. The molecule has 0 atom stereocenters. The fourth-order valence-electron chi connectivity index (χ4n) is 4.97. The minimum Gasteiger partial charge on any atom is -0.495 e. The van der Waals surface area contributed by atoms with Crippen molar-refractivity contribution in [1.82, 2.24) is 4.90 Å². The van der Waals surface area contributed by atoms with E-state index in [4.69, 9.17) is 22.1 Å². The van der Waals surface area contributed by atoms with Crippen molar-refractivity contribution in [3.05, 3.63) is 47.0 Å². The molecule has 0 unspecified atom stereocenters. The van der Waals surface area contributed by atoms with Crippen LogP contribution in [0, 0.1) is 5.92 Å². The van der Waals surface area contributed by atoms with Crippen LogP contribution in [-0.2, 0) is 5.41 Å². The Hall–Kier alpha value is -1.91. The second kappa shape index (κ2) is 7.49. The standard InChI is InChI=1S/C23H30ClN3O/c1-16(2)14-26-12-10-23(11-13-26)15-27(19-7-5-4-6-18(19)25)22-20(28-3)9-8-17(24)21(22)23/h4-9,16H,10-15,25H2,1-3H3. The summed E-state index contributed by atoms with van der Waals surface area (Å²) in [7, 11) is 1.73. The van der Waals surface area contributed by atoms with Gasteiger partial charge in [0.05, 0.1) is 24.2 Å². The van der Waals surface area contributed by atoms with Crippen LogP contribution in [0.3, 0.4) is 0 Å². The molecule has 0 radical (unpaired) electrons. The van der Waals surface area contributed by atoms with Gasteiger partial charge in [0.2, 0.25) is 0 Å². The fraction of sp³-hybridized carbons (Fsp3) is 0.478. The quantitative estimate of drug-likeness (QED) is 0.728. The van der Waals surface area contributed by atoms with Gasteiger partial charge in [-0.05, 0) is 56.1 Å². The van der Waals surface area contributed by atoms with Crippen LogP contribution >= 0.6 is 11.6 Å². The maximum Gasteiger partial charge on any atom is 0.142 e. The van der Waals surface area contributed by atoms with Crippen molar-refractivity contribution in [3.8, 4) is 5.75 Å². The molecule has 1 spiro atoms. The van der Waals surface area contributed by atoms with Gasteiger partial charge in [0.15, 0.2) is 0 Å². The van der Waals surface area contributed by atoms with E-state index in [1.54, 1.807) is 7.11 Å². The third kappa shape index (κ3) is 3.23. The van der Waals surface area contributed by atoms with Gasteiger partial charge >= 0.3 is 0 Å². The second-order valence-corrected chi connectivity index (χ2v) is 9.00. The first-order valence-electron chi connectivity index (χ1n) is 10.2. The van der Waals surface area contributed by atoms with Gasteiger partial charge in [-0.15, -0.1) is 0 Å². The monoisotopic (exact) mass is 399 g/mol. The van der Waals surface area contributed by atoms with Crippen molar-refractivity contribution in [2.24, 2.45) is 5.92 Å². The van der Waals surface area contributed by atoms with E-state index in [1.807, 2.05) is 30.3 Å². The summed E-state index contributed by atoms with van der Waals surface area (Å²) in [6, 6.07) is 12.0. The normalized spacial score (nSPS) is 18.7. The number of rotatable bonds is 4. The molecule has 0 aliphatic carbocycles. The molecule has 0 saturated carbocycles. The zero-order chi connectivity index (χ0) is 19.9. The smallest absolute Gasteiger partial charge is 0.142 e. The van der Waals surface area contributed by atoms with E-state index in [0.29, 0.717) is 5.92 Å². The molecule has 2 aliphatic heterocycles. The van der Waals surface area contributed by atoms with Gasteiger partial charge in [-0.25, -0.2) is 0 Å². The topological polar surface area (TPSA) is 41.7 Å². The molecular formula is C23H30ClN3O. The molecule has 2 aromatic rings. The first-order valence-corrected chi connectivity index (χ1v) is 10.5. The van der Waals surface area contributed by atoms with Crippen molar-refractivity contribution >= 4 is 28.7 Å². The van der Waals surface area contributed by atoms with Crippen molar-refractivity contribution in [2.75, 3.05) is 43.9 Å². The first kappa shape index (κ1) is 19.4. The maximum atomic E-state index is 6.81. The molecule has 0 aromatic heterocycles. The van der Waals surface area contributed by atoms with Crippen LogP contribution in [0.15, 0.2) is 36.4 Å². The summed E-state index contributed by atoms with van der Waals surface area (Å²) < 4.78 is 5.76. The molecule has 4 rings (SSSR count). The zero-order valence-corrected chi connectivity index (χ0v) is 17.8. The first-order chi connectivity index (χ1) is 13.4. The Kier molecular flexibility index (Phi) is 5.19. The minimum atomic E-state index is 0.0384. The SMILES string of the molecule is COc1ccc(Cl)c2c1N(c1ccccc1N)CC21CCN(CC(C)C)CC1. The van der Waals surface area contributed by atoms with Crippen molar-refractivity contribution in [2.45, 2.75) is 32.1 Å². The Balaban J connectivity index is 1.77. The lowest BCUT2D eigenvalue weighted by atomic mass is 9.74. The number of methoxy groups -OCH3 is 1. The predicted octanol–water partition coefficient (Wildman–Crippen LogP) is 5.07. The second-order valence-electron chi connectivity index (χ2n) is 8.59. The Bertz CT molecular complexity index is 859. The molecule has 4 nitrogen and oxygen atoms in total. The van der Waals surface area contributed by atoms with E-state index in [2.05, 4.69) is 29.7 Å². The maximum absolute atomic E-state index is 6.81. The molecule has 150 valence electrons. The molecule has 0 bridgehead atoms. The van der Waals surface area contributed by atoms with E-state index < -0.39 is 0 Å². The van der Waals surface area contributed by atoms with Gasteiger partial charge in [0.25, 0.3) is 0 Å². The number of halogens is 1. The summed E-state index contributed by atoms with van der Waals surface area (Å²) in [5.74, 6) is 1.55. The van der Waals surface area contributed by atoms with E-state index in [-0.39, 0.29) is 5.41 Å². The predicted molar refractivity (Wildman–Crippen MR) is 118 cm³/mol. The molecule has 2 aromatic carbocycles. The van der Waals surface area contributed by atoms with Gasteiger partial charge in [0, 0.05) is 29.1 Å². The van der Waals surface area contributed by atoms with Gasteiger partial charge in [-0.2, -0.15) is 0 Å². The third-order valence-electron chi connectivity index (χ3n) is 6.24. The molecule has 5 heteroatoms. The highest BCUT2D eigenvalue weighted by Crippen LogP contribution is 2.56. The average Bonchev–Trinajstić information content (AvgIpc) is 3.00. The molecule has 2 aliphatic rings. The van der Waals surface area contributed by atoms with Gasteiger partial charge < -0.3 is 20.3 Å². The number of fused-ring (bicyclic) bond motifs is 2. The number of hydrogen-bond donors (Lipinski definition) is 1. The lowest BCUT2D eigenvalue weighted by Gasteiger charge is -2.40. The number of piperidine rings is 1. The zero-order valence-electron chi connectivity index (χ0n) is 17.0. The number of para-hydroxylation sites is 2. The molecule has 2 heterocycles. The van der Waals surface area contributed by atoms with Crippen molar-refractivity contribution in [1.29, 1.82) is 0 Å². The summed E-state index contributed by atoms with van der Waals surface area (Å²) in [6.07, 6.45) is 2.20. The average molecular weight is 400 g/mol. The molecular weight excluding hydrogens is 370 g/mol. The van der Waals surface area contributed by atoms with Crippen molar-refractivity contribution in [3.63, 3.8) is 0 Å². The number of anilines is 3. The van der Waals surface area contributed by atoms with Crippen LogP contribution in [-0.4, -0.2) is 38.2 Å². The van der Waals surface area contributed by atoms with Crippen LogP contribution in [0.4, 0.5) is 17.1 Å². The van der Waals surface area contributed by atoms with E-state index in [9.17, 15) is 0 Å². The summed E-state index contributed by atoms with van der Waals surface area (Å²) in [5.41, 5.74) is 10.5. The summed E-state index contributed by atoms with van der Waals surface area (Å²) in [4.78, 5) is 4.91. The number of benzene rings is 2. The van der Waals surface area contributed by atoms with E-state index in [0.717, 1.165) is 66.9 Å². The molecule has 1 saturated heterocycles. The highest BCUT2D eigenvalue weighted by atomic mass is 35.5. The van der Waals surface area contributed by atoms with E-state index in [1.165, 1.54) is 5.56 Å². The lowest BCUT2D eigenvalue weighted by molar-refractivity contribution is 0.153. The van der Waals surface area contributed by atoms with Crippen LogP contribution in [0.25, 0.3) is 0 Å². The lowest BCUT2D eigenvalue weighted by Crippen LogP contribution is -2.45. The number of nitrogens with zero attached hydrogens (tertiary/aromatic N) is 2. The molecule has 1 fully saturated rings. The number of hydrogen-bond acceptors (Lipinski definition) is 4. The van der Waals surface area contributed by atoms with Crippen LogP contribution in [0.5, 0.6) is 5.75 Å². The highest BCUT2D eigenvalue weighted by Gasteiger charge is 2.48. The van der Waals surface area contributed by atoms with Crippen LogP contribution < -0.4 is 15.4 Å². The van der Waals surface area contributed by atoms with Gasteiger partial charge in [-0.1, -0.05) is 37.6 Å². The largest absolute Gasteiger partial charge is 0.495 e. The minimum absolute atomic E-state index is 0.0384. The number of ether oxygens (including phenoxy) is 1. The number of nitrogens with two attached hydrogens (primary N) is 1. The highest BCUT2D eigenvalue weighted by molar-refractivity contribution is 6.32. The van der Waals surface area contributed by atoms with Crippen LogP contribution in [0.2, 0.25) is 5.02 Å². The Morgan fingerprint density at radius 3 is 2.50 bits per heavy atom. The summed E-state index contributed by atoms with van der Waals surface area (Å²) in [5, 5.41) is 0.838. The fourth-order valence-corrected chi connectivity index (χ4v) is 5.33. The van der Waals surface area contributed by atoms with Gasteiger partial charge in [-0.3, -0.25) is 0 Å². The Morgan fingerprint density at radius 1 is 1.14 bits per heavy atom. The van der Waals surface area contributed by atoms with Crippen LogP contribution in [0.1, 0.15) is 32.3 Å². The molecule has 28 heavy (non-hydrogen) atoms. The number of likely N-dealkylation sites (tertiary alicyclic amines) is 1. The third-order valence-corrected chi connectivity index (χ3v) is 6.55. The Morgan fingerprint density at radius 2 is 1.86 bits per heavy atom. The van der Waals surface area contributed by atoms with Gasteiger partial charge in [0.1, 0.15) is 5.75 Å². The molecule has 2 N–H and O–H groups in total. The van der Waals surface area contributed by atoms with Crippen molar-refractivity contribution < 1.29 is 4.74 Å². The summed E-state index contributed by atoms with van der Waals surface area (Å²) >= 11 is 6.81. The summed E-state index contributed by atoms with van der Waals surface area (Å²) in [6.45, 7) is 8.83. The number of nitrogen functional groups attached to an aromatic ring is 1. The van der Waals surface area contributed by atoms with E-state index >= 15 is 0 Å². The Labute approximate surface area is 173 Å².